The Bertz CT molecular complexity index is 499. The van der Waals surface area contributed by atoms with Gasteiger partial charge in [0.05, 0.1) is 6.54 Å². The second kappa shape index (κ2) is 8.45. The van der Waals surface area contributed by atoms with E-state index in [1.165, 1.54) is 0 Å². The number of aliphatic hydroxyl groups is 2. The van der Waals surface area contributed by atoms with E-state index in [9.17, 15) is 5.11 Å². The van der Waals surface area contributed by atoms with Crippen molar-refractivity contribution in [2.75, 3.05) is 59.0 Å². The van der Waals surface area contributed by atoms with Crippen molar-refractivity contribution in [3.63, 3.8) is 0 Å². The average Bonchev–Trinajstić information content (AvgIpc) is 3.22. The first kappa shape index (κ1) is 17.9. The molecule has 2 N–H and O–H groups in total. The van der Waals surface area contributed by atoms with Gasteiger partial charge in [-0.25, -0.2) is 0 Å². The summed E-state index contributed by atoms with van der Waals surface area (Å²) in [6, 6.07) is 3.77. The highest BCUT2D eigenvalue weighted by molar-refractivity contribution is 5.06. The Balaban J connectivity index is 1.50. The molecule has 2 atom stereocenters. The van der Waals surface area contributed by atoms with Crippen molar-refractivity contribution < 1.29 is 14.6 Å². The molecule has 2 aliphatic heterocycles. The van der Waals surface area contributed by atoms with Crippen LogP contribution in [0.5, 0.6) is 0 Å². The number of nitrogens with zero attached hydrogens (tertiary/aromatic N) is 3. The zero-order chi connectivity index (χ0) is 16.9. The summed E-state index contributed by atoms with van der Waals surface area (Å²) in [7, 11) is 0. The van der Waals surface area contributed by atoms with Crippen LogP contribution in [0.4, 0.5) is 0 Å². The van der Waals surface area contributed by atoms with Gasteiger partial charge in [-0.05, 0) is 30.5 Å². The van der Waals surface area contributed by atoms with Crippen molar-refractivity contribution in [2.24, 2.45) is 11.8 Å². The van der Waals surface area contributed by atoms with E-state index in [2.05, 4.69) is 21.6 Å². The zero-order valence-electron chi connectivity index (χ0n) is 14.7. The number of furan rings is 1. The third kappa shape index (κ3) is 4.37. The van der Waals surface area contributed by atoms with Gasteiger partial charge in [-0.15, -0.1) is 0 Å². The summed E-state index contributed by atoms with van der Waals surface area (Å²) in [6.45, 7) is 11.9. The molecule has 1 aromatic heterocycles. The van der Waals surface area contributed by atoms with E-state index in [0.29, 0.717) is 17.6 Å². The van der Waals surface area contributed by atoms with Gasteiger partial charge in [-0.1, -0.05) is 6.92 Å². The number of rotatable bonds is 7. The molecule has 6 heteroatoms. The molecule has 0 amide bonds. The SMILES string of the molecule is CCN1CCN(C[C@@H]2CN(Cc3ccc(CO)o3)C[C@@H]2CO)CC1. The van der Waals surface area contributed by atoms with Gasteiger partial charge in [0, 0.05) is 52.4 Å². The van der Waals surface area contributed by atoms with Crippen LogP contribution in [0.25, 0.3) is 0 Å². The average molecular weight is 337 g/mol. The largest absolute Gasteiger partial charge is 0.462 e. The fourth-order valence-corrected chi connectivity index (χ4v) is 4.01. The highest BCUT2D eigenvalue weighted by atomic mass is 16.4. The fourth-order valence-electron chi connectivity index (χ4n) is 4.01. The lowest BCUT2D eigenvalue weighted by Gasteiger charge is -2.36. The van der Waals surface area contributed by atoms with E-state index in [4.69, 9.17) is 9.52 Å². The molecule has 2 saturated heterocycles. The van der Waals surface area contributed by atoms with Crippen LogP contribution in [0.1, 0.15) is 18.4 Å². The maximum absolute atomic E-state index is 9.76. The molecule has 3 rings (SSSR count). The molecular weight excluding hydrogens is 306 g/mol. The van der Waals surface area contributed by atoms with E-state index in [0.717, 1.165) is 64.7 Å². The Hall–Kier alpha value is -0.920. The minimum Gasteiger partial charge on any atom is -0.462 e. The molecule has 3 heterocycles. The Morgan fingerprint density at radius 1 is 0.958 bits per heavy atom. The van der Waals surface area contributed by atoms with Crippen LogP contribution >= 0.6 is 0 Å². The summed E-state index contributed by atoms with van der Waals surface area (Å²) in [5.74, 6) is 2.39. The first-order valence-corrected chi connectivity index (χ1v) is 9.18. The number of likely N-dealkylation sites (N-methyl/N-ethyl adjacent to an activating group) is 1. The molecule has 24 heavy (non-hydrogen) atoms. The van der Waals surface area contributed by atoms with Crippen molar-refractivity contribution in [1.82, 2.24) is 14.7 Å². The lowest BCUT2D eigenvalue weighted by Crippen LogP contribution is -2.48. The lowest BCUT2D eigenvalue weighted by atomic mass is 9.96. The molecule has 136 valence electrons. The standard InChI is InChI=1S/C18H31N3O3/c1-2-19-5-7-20(8-6-19)9-15-10-21(11-16(15)13-22)12-17-3-4-18(14-23)24-17/h3-4,15-16,22-23H,2,5-14H2,1H3/t15-,16-/m1/s1. The first-order valence-electron chi connectivity index (χ1n) is 9.18. The molecule has 0 bridgehead atoms. The first-order chi connectivity index (χ1) is 11.7. The summed E-state index contributed by atoms with van der Waals surface area (Å²) in [6.07, 6.45) is 0. The highest BCUT2D eigenvalue weighted by Crippen LogP contribution is 2.26. The Kier molecular flexibility index (Phi) is 6.30. The molecule has 0 saturated carbocycles. The third-order valence-corrected chi connectivity index (χ3v) is 5.54. The summed E-state index contributed by atoms with van der Waals surface area (Å²) in [4.78, 5) is 7.42. The quantitative estimate of drug-likeness (QED) is 0.753. The van der Waals surface area contributed by atoms with E-state index < -0.39 is 0 Å². The van der Waals surface area contributed by atoms with Crippen LogP contribution in [0, 0.1) is 11.8 Å². The van der Waals surface area contributed by atoms with Crippen LogP contribution in [0.3, 0.4) is 0 Å². The third-order valence-electron chi connectivity index (χ3n) is 5.54. The van der Waals surface area contributed by atoms with E-state index in [1.807, 2.05) is 12.1 Å². The molecule has 0 aromatic carbocycles. The highest BCUT2D eigenvalue weighted by Gasteiger charge is 2.34. The lowest BCUT2D eigenvalue weighted by molar-refractivity contribution is 0.106. The summed E-state index contributed by atoms with van der Waals surface area (Å²) < 4.78 is 5.60. The molecular formula is C18H31N3O3. The normalized spacial score (nSPS) is 27.1. The molecule has 6 nitrogen and oxygen atoms in total. The topological polar surface area (TPSA) is 63.3 Å². The molecule has 2 aliphatic rings. The van der Waals surface area contributed by atoms with Crippen molar-refractivity contribution in [3.8, 4) is 0 Å². The zero-order valence-corrected chi connectivity index (χ0v) is 14.7. The van der Waals surface area contributed by atoms with Gasteiger partial charge in [0.15, 0.2) is 0 Å². The van der Waals surface area contributed by atoms with Crippen molar-refractivity contribution in [3.05, 3.63) is 23.7 Å². The molecule has 0 radical (unpaired) electrons. The minimum absolute atomic E-state index is 0.0500. The monoisotopic (exact) mass is 337 g/mol. The van der Waals surface area contributed by atoms with Gasteiger partial charge in [-0.3, -0.25) is 4.90 Å². The van der Waals surface area contributed by atoms with Crippen LogP contribution in [-0.4, -0.2) is 83.9 Å². The van der Waals surface area contributed by atoms with E-state index >= 15 is 0 Å². The number of piperazine rings is 1. The summed E-state index contributed by atoms with van der Waals surface area (Å²) in [5, 5.41) is 18.9. The smallest absolute Gasteiger partial charge is 0.129 e. The second-order valence-electron chi connectivity index (χ2n) is 7.16. The predicted octanol–water partition coefficient (Wildman–Crippen LogP) is 0.450. The van der Waals surface area contributed by atoms with Crippen molar-refractivity contribution >= 4 is 0 Å². The van der Waals surface area contributed by atoms with E-state index in [1.54, 1.807) is 0 Å². The molecule has 2 fully saturated rings. The minimum atomic E-state index is -0.0500. The number of aliphatic hydroxyl groups excluding tert-OH is 2. The van der Waals surface area contributed by atoms with Gasteiger partial charge in [-0.2, -0.15) is 0 Å². The Morgan fingerprint density at radius 3 is 2.25 bits per heavy atom. The van der Waals surface area contributed by atoms with Crippen molar-refractivity contribution in [1.29, 1.82) is 0 Å². The Morgan fingerprint density at radius 2 is 1.62 bits per heavy atom. The molecule has 0 unspecified atom stereocenters. The predicted molar refractivity (Wildman–Crippen MR) is 92.5 cm³/mol. The number of hydrogen-bond donors (Lipinski definition) is 2. The Labute approximate surface area is 144 Å². The van der Waals surface area contributed by atoms with Gasteiger partial charge in [0.2, 0.25) is 0 Å². The molecule has 1 aromatic rings. The van der Waals surface area contributed by atoms with Crippen LogP contribution in [-0.2, 0) is 13.2 Å². The maximum atomic E-state index is 9.76. The van der Waals surface area contributed by atoms with Crippen LogP contribution in [0.15, 0.2) is 16.5 Å². The van der Waals surface area contributed by atoms with Crippen LogP contribution in [0.2, 0.25) is 0 Å². The molecule has 0 aliphatic carbocycles. The van der Waals surface area contributed by atoms with Crippen LogP contribution < -0.4 is 0 Å². The van der Waals surface area contributed by atoms with Crippen molar-refractivity contribution in [2.45, 2.75) is 20.1 Å². The fraction of sp³-hybridized carbons (Fsp3) is 0.778. The van der Waals surface area contributed by atoms with Gasteiger partial charge < -0.3 is 24.4 Å². The maximum Gasteiger partial charge on any atom is 0.129 e. The second-order valence-corrected chi connectivity index (χ2v) is 7.16. The van der Waals surface area contributed by atoms with Gasteiger partial charge >= 0.3 is 0 Å². The molecule has 0 spiro atoms. The number of likely N-dealkylation sites (tertiary alicyclic amines) is 1. The van der Waals surface area contributed by atoms with Gasteiger partial charge in [0.25, 0.3) is 0 Å². The summed E-state index contributed by atoms with van der Waals surface area (Å²) >= 11 is 0. The number of hydrogen-bond acceptors (Lipinski definition) is 6. The van der Waals surface area contributed by atoms with Gasteiger partial charge in [0.1, 0.15) is 18.1 Å². The van der Waals surface area contributed by atoms with E-state index in [-0.39, 0.29) is 13.2 Å². The summed E-state index contributed by atoms with van der Waals surface area (Å²) in [5.41, 5.74) is 0.